The van der Waals surface area contributed by atoms with E-state index in [9.17, 15) is 0 Å². The minimum Gasteiger partial charge on any atom is -0.497 e. The van der Waals surface area contributed by atoms with E-state index in [1.54, 1.807) is 13.3 Å². The predicted octanol–water partition coefficient (Wildman–Crippen LogP) is 2.87. The maximum Gasteiger partial charge on any atom is 0.246 e. The Morgan fingerprint density at radius 2 is 1.65 bits per heavy atom. The molecule has 1 saturated heterocycles. The number of anilines is 2. The van der Waals surface area contributed by atoms with Crippen LogP contribution in [0.4, 0.5) is 11.6 Å². The number of piperazine rings is 1. The zero-order chi connectivity index (χ0) is 17.8. The highest BCUT2D eigenvalue weighted by Crippen LogP contribution is 2.23. The van der Waals surface area contributed by atoms with E-state index >= 15 is 0 Å². The molecule has 0 radical (unpaired) electrons. The second-order valence-electron chi connectivity index (χ2n) is 6.18. The molecule has 6 nitrogen and oxygen atoms in total. The Kier molecular flexibility index (Phi) is 4.64. The highest BCUT2D eigenvalue weighted by Gasteiger charge is 2.20. The van der Waals surface area contributed by atoms with Gasteiger partial charge in [-0.15, -0.1) is 5.10 Å². The van der Waals surface area contributed by atoms with Crippen molar-refractivity contribution in [2.45, 2.75) is 0 Å². The van der Waals surface area contributed by atoms with Gasteiger partial charge in [-0.1, -0.05) is 36.4 Å². The molecule has 0 atom stereocenters. The fourth-order valence-electron chi connectivity index (χ4n) is 3.15. The first-order valence-electron chi connectivity index (χ1n) is 8.72. The zero-order valence-corrected chi connectivity index (χ0v) is 14.7. The van der Waals surface area contributed by atoms with E-state index in [0.29, 0.717) is 5.95 Å². The summed E-state index contributed by atoms with van der Waals surface area (Å²) in [6.45, 7) is 3.53. The molecule has 0 aliphatic carbocycles. The number of nitrogens with zero attached hydrogens (tertiary/aromatic N) is 5. The lowest BCUT2D eigenvalue weighted by Crippen LogP contribution is -2.47. The first-order chi connectivity index (χ1) is 12.8. The van der Waals surface area contributed by atoms with Crippen LogP contribution in [-0.2, 0) is 0 Å². The van der Waals surface area contributed by atoms with Crippen molar-refractivity contribution in [2.24, 2.45) is 0 Å². The summed E-state index contributed by atoms with van der Waals surface area (Å²) in [5.41, 5.74) is 3.09. The molecule has 132 valence electrons. The van der Waals surface area contributed by atoms with Gasteiger partial charge in [-0.05, 0) is 12.1 Å². The molecule has 0 spiro atoms. The number of methoxy groups -OCH3 is 1. The molecule has 0 amide bonds. The van der Waals surface area contributed by atoms with Crippen LogP contribution in [0.3, 0.4) is 0 Å². The third-order valence-corrected chi connectivity index (χ3v) is 4.60. The van der Waals surface area contributed by atoms with Crippen LogP contribution in [0.15, 0.2) is 60.8 Å². The van der Waals surface area contributed by atoms with Crippen molar-refractivity contribution in [3.8, 4) is 17.0 Å². The maximum absolute atomic E-state index is 5.33. The predicted molar refractivity (Wildman–Crippen MR) is 103 cm³/mol. The highest BCUT2D eigenvalue weighted by molar-refractivity contribution is 5.59. The van der Waals surface area contributed by atoms with Crippen molar-refractivity contribution < 1.29 is 4.74 Å². The third-order valence-electron chi connectivity index (χ3n) is 4.60. The Morgan fingerprint density at radius 1 is 0.885 bits per heavy atom. The second-order valence-corrected chi connectivity index (χ2v) is 6.18. The van der Waals surface area contributed by atoms with Crippen LogP contribution in [0.5, 0.6) is 5.75 Å². The van der Waals surface area contributed by atoms with E-state index < -0.39 is 0 Å². The molecule has 4 rings (SSSR count). The molecule has 3 aromatic rings. The van der Waals surface area contributed by atoms with E-state index in [0.717, 1.165) is 43.2 Å². The first kappa shape index (κ1) is 16.3. The van der Waals surface area contributed by atoms with Crippen molar-refractivity contribution in [1.82, 2.24) is 15.2 Å². The van der Waals surface area contributed by atoms with Crippen LogP contribution in [0.25, 0.3) is 11.3 Å². The monoisotopic (exact) mass is 347 g/mol. The van der Waals surface area contributed by atoms with Gasteiger partial charge in [0.05, 0.1) is 19.0 Å². The van der Waals surface area contributed by atoms with Gasteiger partial charge in [-0.3, -0.25) is 0 Å². The molecular formula is C20H21N5O. The molecule has 1 aliphatic rings. The number of benzene rings is 2. The van der Waals surface area contributed by atoms with Crippen molar-refractivity contribution in [3.05, 3.63) is 60.8 Å². The van der Waals surface area contributed by atoms with E-state index in [1.807, 2.05) is 42.5 Å². The van der Waals surface area contributed by atoms with E-state index in [2.05, 4.69) is 32.1 Å². The van der Waals surface area contributed by atoms with Gasteiger partial charge in [-0.25, -0.2) is 4.98 Å². The summed E-state index contributed by atoms with van der Waals surface area (Å²) in [5, 5.41) is 8.39. The SMILES string of the molecule is COc1cccc(N2CCN(c3nncc(-c4ccccc4)n3)CC2)c1. The molecule has 0 unspecified atom stereocenters. The van der Waals surface area contributed by atoms with Crippen LogP contribution in [0, 0.1) is 0 Å². The minimum atomic E-state index is 0.691. The van der Waals surface area contributed by atoms with Crippen molar-refractivity contribution in [3.63, 3.8) is 0 Å². The van der Waals surface area contributed by atoms with Gasteiger partial charge < -0.3 is 14.5 Å². The lowest BCUT2D eigenvalue weighted by molar-refractivity contribution is 0.414. The standard InChI is InChI=1S/C20H21N5O/c1-26-18-9-5-8-17(14-18)24-10-12-25(13-11-24)20-22-19(15-21-23-20)16-6-3-2-4-7-16/h2-9,14-15H,10-13H2,1H3. The average Bonchev–Trinajstić information content (AvgIpc) is 2.75. The Balaban J connectivity index is 1.46. The number of ether oxygens (including phenoxy) is 1. The van der Waals surface area contributed by atoms with E-state index in [-0.39, 0.29) is 0 Å². The molecule has 26 heavy (non-hydrogen) atoms. The summed E-state index contributed by atoms with van der Waals surface area (Å²) < 4.78 is 5.33. The summed E-state index contributed by atoms with van der Waals surface area (Å²) in [5.74, 6) is 1.57. The van der Waals surface area contributed by atoms with Crippen LogP contribution in [-0.4, -0.2) is 48.5 Å². The van der Waals surface area contributed by atoms with Crippen LogP contribution < -0.4 is 14.5 Å². The number of aromatic nitrogens is 3. The van der Waals surface area contributed by atoms with Gasteiger partial charge in [0.1, 0.15) is 5.75 Å². The summed E-state index contributed by atoms with van der Waals surface area (Å²) in [6, 6.07) is 18.3. The summed E-state index contributed by atoms with van der Waals surface area (Å²) in [6.07, 6.45) is 1.71. The maximum atomic E-state index is 5.33. The summed E-state index contributed by atoms with van der Waals surface area (Å²) in [4.78, 5) is 9.25. The van der Waals surface area contributed by atoms with Crippen LogP contribution in [0.1, 0.15) is 0 Å². The molecule has 2 heterocycles. The van der Waals surface area contributed by atoms with Gasteiger partial charge in [0.25, 0.3) is 0 Å². The van der Waals surface area contributed by atoms with E-state index in [1.165, 1.54) is 5.69 Å². The lowest BCUT2D eigenvalue weighted by Gasteiger charge is -2.36. The topological polar surface area (TPSA) is 54.4 Å². The van der Waals surface area contributed by atoms with Gasteiger partial charge in [0, 0.05) is 43.5 Å². The fourth-order valence-corrected chi connectivity index (χ4v) is 3.15. The number of rotatable bonds is 4. The van der Waals surface area contributed by atoms with E-state index in [4.69, 9.17) is 9.72 Å². The molecule has 1 aromatic heterocycles. The fraction of sp³-hybridized carbons (Fsp3) is 0.250. The normalized spacial score (nSPS) is 14.3. The quantitative estimate of drug-likeness (QED) is 0.723. The summed E-state index contributed by atoms with van der Waals surface area (Å²) >= 11 is 0. The molecular weight excluding hydrogens is 326 g/mol. The third kappa shape index (κ3) is 3.44. The first-order valence-corrected chi connectivity index (χ1v) is 8.72. The average molecular weight is 347 g/mol. The molecule has 0 bridgehead atoms. The molecule has 0 saturated carbocycles. The lowest BCUT2D eigenvalue weighted by atomic mass is 10.2. The van der Waals surface area contributed by atoms with Crippen LogP contribution in [0.2, 0.25) is 0 Å². The van der Waals surface area contributed by atoms with Gasteiger partial charge in [-0.2, -0.15) is 5.10 Å². The summed E-state index contributed by atoms with van der Waals surface area (Å²) in [7, 11) is 1.70. The minimum absolute atomic E-state index is 0.691. The Bertz CT molecular complexity index is 863. The Morgan fingerprint density at radius 3 is 2.42 bits per heavy atom. The van der Waals surface area contributed by atoms with Gasteiger partial charge in [0.15, 0.2) is 0 Å². The molecule has 1 aliphatic heterocycles. The van der Waals surface area contributed by atoms with Crippen LogP contribution >= 0.6 is 0 Å². The second kappa shape index (κ2) is 7.39. The van der Waals surface area contributed by atoms with Gasteiger partial charge in [0.2, 0.25) is 5.95 Å². The number of hydrogen-bond acceptors (Lipinski definition) is 6. The molecule has 1 fully saturated rings. The van der Waals surface area contributed by atoms with Crippen molar-refractivity contribution >= 4 is 11.6 Å². The smallest absolute Gasteiger partial charge is 0.246 e. The number of hydrogen-bond donors (Lipinski definition) is 0. The molecule has 6 heteroatoms. The van der Waals surface area contributed by atoms with Crippen molar-refractivity contribution in [1.29, 1.82) is 0 Å². The zero-order valence-electron chi connectivity index (χ0n) is 14.7. The molecule has 2 aromatic carbocycles. The largest absolute Gasteiger partial charge is 0.497 e. The Hall–Kier alpha value is -3.15. The Labute approximate surface area is 153 Å². The van der Waals surface area contributed by atoms with Crippen molar-refractivity contribution in [2.75, 3.05) is 43.1 Å². The van der Waals surface area contributed by atoms with Gasteiger partial charge >= 0.3 is 0 Å². The molecule has 0 N–H and O–H groups in total. The highest BCUT2D eigenvalue weighted by atomic mass is 16.5.